The first-order chi connectivity index (χ1) is 7.47. The molecule has 0 fully saturated rings. The summed E-state index contributed by atoms with van der Waals surface area (Å²) in [5.74, 6) is -0.932. The average Bonchev–Trinajstić information content (AvgIpc) is 2.27. The molecule has 0 aliphatic rings. The quantitative estimate of drug-likeness (QED) is 0.766. The highest BCUT2D eigenvalue weighted by Crippen LogP contribution is 2.25. The maximum atomic E-state index is 10.9. The van der Waals surface area contributed by atoms with Crippen molar-refractivity contribution in [3.63, 3.8) is 0 Å². The number of anilines is 2. The number of hydrogen-bond acceptors (Lipinski definition) is 3. The van der Waals surface area contributed by atoms with Crippen molar-refractivity contribution in [2.75, 3.05) is 17.7 Å². The summed E-state index contributed by atoms with van der Waals surface area (Å²) in [7, 11) is 1.92. The molecular weight excluding hydrogens is 204 g/mol. The molecule has 0 amide bonds. The van der Waals surface area contributed by atoms with Crippen molar-refractivity contribution in [3.8, 4) is 0 Å². The summed E-state index contributed by atoms with van der Waals surface area (Å²) in [5.41, 5.74) is 7.49. The van der Waals surface area contributed by atoms with Crippen LogP contribution in [0.15, 0.2) is 18.2 Å². The van der Waals surface area contributed by atoms with Crippen LogP contribution in [-0.4, -0.2) is 24.2 Å². The van der Waals surface area contributed by atoms with E-state index in [0.717, 1.165) is 12.1 Å². The Morgan fingerprint density at radius 2 is 2.19 bits per heavy atom. The molecule has 0 radical (unpaired) electrons. The van der Waals surface area contributed by atoms with Crippen molar-refractivity contribution < 1.29 is 9.90 Å². The van der Waals surface area contributed by atoms with E-state index in [0.29, 0.717) is 11.7 Å². The number of carbonyl (C=O) groups is 1. The van der Waals surface area contributed by atoms with E-state index < -0.39 is 5.97 Å². The average molecular weight is 222 g/mol. The summed E-state index contributed by atoms with van der Waals surface area (Å²) < 4.78 is 0. The maximum absolute atomic E-state index is 10.9. The number of benzene rings is 1. The van der Waals surface area contributed by atoms with Gasteiger partial charge in [-0.3, -0.25) is 0 Å². The third-order valence-corrected chi connectivity index (χ3v) is 2.91. The van der Waals surface area contributed by atoms with Crippen molar-refractivity contribution in [1.29, 1.82) is 0 Å². The Balaban J connectivity index is 3.11. The molecule has 0 saturated carbocycles. The Bertz CT molecular complexity index is 391. The number of rotatable bonds is 4. The Morgan fingerprint density at radius 1 is 1.56 bits per heavy atom. The normalized spacial score (nSPS) is 12.2. The topological polar surface area (TPSA) is 66.6 Å². The molecule has 1 aromatic rings. The lowest BCUT2D eigenvalue weighted by atomic mass is 10.1. The van der Waals surface area contributed by atoms with E-state index in [-0.39, 0.29) is 5.56 Å². The van der Waals surface area contributed by atoms with E-state index in [2.05, 4.69) is 13.8 Å². The lowest BCUT2D eigenvalue weighted by Crippen LogP contribution is -2.28. The third-order valence-electron chi connectivity index (χ3n) is 2.91. The summed E-state index contributed by atoms with van der Waals surface area (Å²) in [6.07, 6.45) is 0.979. The molecule has 88 valence electrons. The van der Waals surface area contributed by atoms with Gasteiger partial charge in [0.05, 0.1) is 16.9 Å². The second-order valence-electron chi connectivity index (χ2n) is 3.95. The zero-order valence-corrected chi connectivity index (χ0v) is 9.90. The molecule has 16 heavy (non-hydrogen) atoms. The van der Waals surface area contributed by atoms with Crippen molar-refractivity contribution in [2.45, 2.75) is 26.3 Å². The molecule has 0 saturated heterocycles. The monoisotopic (exact) mass is 222 g/mol. The fraction of sp³-hybridized carbons (Fsp3) is 0.417. The summed E-state index contributed by atoms with van der Waals surface area (Å²) in [4.78, 5) is 12.9. The third kappa shape index (κ3) is 2.45. The molecule has 1 unspecified atom stereocenters. The fourth-order valence-corrected chi connectivity index (χ4v) is 1.49. The summed E-state index contributed by atoms with van der Waals surface area (Å²) in [6, 6.07) is 5.10. The second kappa shape index (κ2) is 4.88. The predicted molar refractivity (Wildman–Crippen MR) is 66.0 cm³/mol. The van der Waals surface area contributed by atoms with Gasteiger partial charge in [0, 0.05) is 13.1 Å². The van der Waals surface area contributed by atoms with Crippen LogP contribution in [0.3, 0.4) is 0 Å². The van der Waals surface area contributed by atoms with E-state index >= 15 is 0 Å². The van der Waals surface area contributed by atoms with Gasteiger partial charge < -0.3 is 15.7 Å². The van der Waals surface area contributed by atoms with Crippen LogP contribution in [0.5, 0.6) is 0 Å². The molecule has 3 N–H and O–H groups in total. The first kappa shape index (κ1) is 12.4. The van der Waals surface area contributed by atoms with Crippen LogP contribution >= 0.6 is 0 Å². The second-order valence-corrected chi connectivity index (χ2v) is 3.95. The van der Waals surface area contributed by atoms with Gasteiger partial charge in [0.1, 0.15) is 0 Å². The van der Waals surface area contributed by atoms with Gasteiger partial charge in [-0.2, -0.15) is 0 Å². The van der Waals surface area contributed by atoms with Crippen molar-refractivity contribution >= 4 is 17.3 Å². The van der Waals surface area contributed by atoms with Crippen LogP contribution in [0, 0.1) is 0 Å². The maximum Gasteiger partial charge on any atom is 0.335 e. The number of nitrogens with zero attached hydrogens (tertiary/aromatic N) is 1. The molecule has 0 heterocycles. The molecule has 0 bridgehead atoms. The lowest BCUT2D eigenvalue weighted by molar-refractivity contribution is 0.0697. The number of hydrogen-bond donors (Lipinski definition) is 2. The minimum Gasteiger partial charge on any atom is -0.478 e. The summed E-state index contributed by atoms with van der Waals surface area (Å²) >= 11 is 0. The molecular formula is C12H18N2O2. The molecule has 0 aromatic heterocycles. The van der Waals surface area contributed by atoms with E-state index in [4.69, 9.17) is 10.8 Å². The predicted octanol–water partition coefficient (Wildman–Crippen LogP) is 2.20. The van der Waals surface area contributed by atoms with Crippen LogP contribution in [-0.2, 0) is 0 Å². The zero-order valence-electron chi connectivity index (χ0n) is 9.90. The molecule has 0 aliphatic carbocycles. The van der Waals surface area contributed by atoms with Gasteiger partial charge in [0.2, 0.25) is 0 Å². The highest BCUT2D eigenvalue weighted by atomic mass is 16.4. The van der Waals surface area contributed by atoms with Gasteiger partial charge in [-0.05, 0) is 31.5 Å². The number of carboxylic acid groups (broad SMARTS) is 1. The Hall–Kier alpha value is -1.71. The largest absolute Gasteiger partial charge is 0.478 e. The van der Waals surface area contributed by atoms with E-state index in [1.54, 1.807) is 12.1 Å². The fourth-order valence-electron chi connectivity index (χ4n) is 1.49. The van der Waals surface area contributed by atoms with E-state index in [1.165, 1.54) is 6.07 Å². The Kier molecular flexibility index (Phi) is 3.77. The number of aromatic carboxylic acids is 1. The first-order valence-electron chi connectivity index (χ1n) is 5.33. The standard InChI is InChI=1S/C12H18N2O2/c1-4-8(2)14(3)11-7-9(12(15)16)5-6-10(11)13/h5-8H,4,13H2,1-3H3,(H,15,16). The summed E-state index contributed by atoms with van der Waals surface area (Å²) in [5, 5.41) is 8.92. The number of nitrogen functional groups attached to an aromatic ring is 1. The highest BCUT2D eigenvalue weighted by Gasteiger charge is 2.13. The molecule has 1 atom stereocenters. The van der Waals surface area contributed by atoms with Gasteiger partial charge >= 0.3 is 5.97 Å². The van der Waals surface area contributed by atoms with Crippen LogP contribution < -0.4 is 10.6 Å². The van der Waals surface area contributed by atoms with E-state index in [9.17, 15) is 4.79 Å². The van der Waals surface area contributed by atoms with Crippen LogP contribution in [0.25, 0.3) is 0 Å². The molecule has 4 heteroatoms. The minimum absolute atomic E-state index is 0.263. The van der Waals surface area contributed by atoms with Gasteiger partial charge in [0.25, 0.3) is 0 Å². The molecule has 1 aromatic carbocycles. The Morgan fingerprint density at radius 3 is 2.69 bits per heavy atom. The molecule has 0 spiro atoms. The van der Waals surface area contributed by atoms with Crippen LogP contribution in [0.4, 0.5) is 11.4 Å². The zero-order chi connectivity index (χ0) is 12.3. The SMILES string of the molecule is CCC(C)N(C)c1cc(C(=O)O)ccc1N. The smallest absolute Gasteiger partial charge is 0.335 e. The Labute approximate surface area is 95.7 Å². The first-order valence-corrected chi connectivity index (χ1v) is 5.33. The molecule has 1 rings (SSSR count). The van der Waals surface area contributed by atoms with Gasteiger partial charge in [-0.1, -0.05) is 6.92 Å². The lowest BCUT2D eigenvalue weighted by Gasteiger charge is -2.27. The number of carboxylic acids is 1. The molecule has 4 nitrogen and oxygen atoms in total. The minimum atomic E-state index is -0.932. The van der Waals surface area contributed by atoms with Crippen LogP contribution in [0.2, 0.25) is 0 Å². The van der Waals surface area contributed by atoms with E-state index in [1.807, 2.05) is 11.9 Å². The number of nitrogens with two attached hydrogens (primary N) is 1. The summed E-state index contributed by atoms with van der Waals surface area (Å²) in [6.45, 7) is 4.16. The van der Waals surface area contributed by atoms with Crippen molar-refractivity contribution in [3.05, 3.63) is 23.8 Å². The highest BCUT2D eigenvalue weighted by molar-refractivity contribution is 5.90. The van der Waals surface area contributed by atoms with Gasteiger partial charge in [0.15, 0.2) is 0 Å². The van der Waals surface area contributed by atoms with Crippen LogP contribution in [0.1, 0.15) is 30.6 Å². The van der Waals surface area contributed by atoms with Gasteiger partial charge in [-0.15, -0.1) is 0 Å². The van der Waals surface area contributed by atoms with Crippen molar-refractivity contribution in [1.82, 2.24) is 0 Å². The molecule has 0 aliphatic heterocycles. The van der Waals surface area contributed by atoms with Crippen molar-refractivity contribution in [2.24, 2.45) is 0 Å². The van der Waals surface area contributed by atoms with Gasteiger partial charge in [-0.25, -0.2) is 4.79 Å².